The zero-order valence-corrected chi connectivity index (χ0v) is 13.3. The molecule has 3 N–H and O–H groups in total. The minimum absolute atomic E-state index is 0.0383. The van der Waals surface area contributed by atoms with E-state index in [1.807, 2.05) is 6.92 Å². The van der Waals surface area contributed by atoms with Crippen molar-refractivity contribution >= 4 is 11.5 Å². The molecule has 1 unspecified atom stereocenters. The molecule has 122 valence electrons. The predicted molar refractivity (Wildman–Crippen MR) is 86.5 cm³/mol. The van der Waals surface area contributed by atoms with Crippen LogP contribution in [0.25, 0.3) is 0 Å². The van der Waals surface area contributed by atoms with Crippen molar-refractivity contribution in [2.24, 2.45) is 0 Å². The molecule has 6 heteroatoms. The highest BCUT2D eigenvalue weighted by atomic mass is 16.5. The smallest absolute Gasteiger partial charge is 0.179 e. The summed E-state index contributed by atoms with van der Waals surface area (Å²) in [5, 5.41) is 3.27. The Labute approximate surface area is 131 Å². The number of nitrogen functional groups attached to an aromatic ring is 1. The van der Waals surface area contributed by atoms with E-state index in [0.717, 1.165) is 39.4 Å². The number of ether oxygens (including phenoxy) is 2. The van der Waals surface area contributed by atoms with Gasteiger partial charge in [0.05, 0.1) is 32.1 Å². The van der Waals surface area contributed by atoms with Crippen molar-refractivity contribution in [2.45, 2.75) is 13.0 Å². The second kappa shape index (κ2) is 8.12. The van der Waals surface area contributed by atoms with E-state index in [-0.39, 0.29) is 11.8 Å². The summed E-state index contributed by atoms with van der Waals surface area (Å²) in [7, 11) is 1.56. The maximum absolute atomic E-state index is 12.4. The molecule has 0 aliphatic carbocycles. The largest absolute Gasteiger partial charge is 0.495 e. The Bertz CT molecular complexity index is 501. The Morgan fingerprint density at radius 3 is 2.82 bits per heavy atom. The number of Topliss-reactive ketones (excluding diaryl/α,β-unsaturated/α-hetero) is 1. The van der Waals surface area contributed by atoms with E-state index >= 15 is 0 Å². The molecule has 1 saturated heterocycles. The van der Waals surface area contributed by atoms with Crippen molar-refractivity contribution in [2.75, 3.05) is 52.2 Å². The van der Waals surface area contributed by atoms with Gasteiger partial charge in [0.25, 0.3) is 0 Å². The molecule has 0 bridgehead atoms. The fourth-order valence-corrected chi connectivity index (χ4v) is 2.49. The maximum atomic E-state index is 12.4. The first kappa shape index (κ1) is 16.7. The summed E-state index contributed by atoms with van der Waals surface area (Å²) in [6.45, 7) is 7.07. The number of anilines is 1. The lowest BCUT2D eigenvalue weighted by Crippen LogP contribution is -2.43. The molecule has 22 heavy (non-hydrogen) atoms. The lowest BCUT2D eigenvalue weighted by molar-refractivity contribution is 0.0381. The average molecular weight is 307 g/mol. The van der Waals surface area contributed by atoms with Crippen LogP contribution < -0.4 is 15.8 Å². The first-order chi connectivity index (χ1) is 10.6. The minimum atomic E-state index is -0.242. The number of morpholine rings is 1. The number of carbonyl (C=O) groups excluding carboxylic acids is 1. The van der Waals surface area contributed by atoms with Crippen LogP contribution in [-0.4, -0.2) is 63.2 Å². The Morgan fingerprint density at radius 1 is 1.45 bits per heavy atom. The molecule has 1 aliphatic heterocycles. The van der Waals surface area contributed by atoms with Gasteiger partial charge in [-0.25, -0.2) is 0 Å². The van der Waals surface area contributed by atoms with Crippen molar-refractivity contribution in [3.05, 3.63) is 23.8 Å². The summed E-state index contributed by atoms with van der Waals surface area (Å²) in [5.74, 6) is 0.626. The van der Waals surface area contributed by atoms with E-state index in [1.54, 1.807) is 25.3 Å². The molecule has 0 amide bonds. The highest BCUT2D eigenvalue weighted by Crippen LogP contribution is 2.22. The van der Waals surface area contributed by atoms with Gasteiger partial charge in [-0.1, -0.05) is 0 Å². The predicted octanol–water partition coefficient (Wildman–Crippen LogP) is 0.770. The number of hydrogen-bond donors (Lipinski definition) is 2. The van der Waals surface area contributed by atoms with Crippen molar-refractivity contribution in [1.29, 1.82) is 0 Å². The van der Waals surface area contributed by atoms with Crippen LogP contribution in [0.3, 0.4) is 0 Å². The second-order valence-corrected chi connectivity index (χ2v) is 5.45. The van der Waals surface area contributed by atoms with Crippen molar-refractivity contribution in [3.8, 4) is 5.75 Å². The van der Waals surface area contributed by atoms with Gasteiger partial charge in [0, 0.05) is 31.7 Å². The molecule has 2 rings (SSSR count). The van der Waals surface area contributed by atoms with E-state index in [0.29, 0.717) is 17.0 Å². The van der Waals surface area contributed by atoms with E-state index in [4.69, 9.17) is 15.2 Å². The lowest BCUT2D eigenvalue weighted by atomic mass is 10.0. The number of carbonyl (C=O) groups is 1. The Hall–Kier alpha value is -1.63. The summed E-state index contributed by atoms with van der Waals surface area (Å²) < 4.78 is 10.4. The van der Waals surface area contributed by atoms with Gasteiger partial charge in [0.15, 0.2) is 5.78 Å². The van der Waals surface area contributed by atoms with Crippen LogP contribution in [-0.2, 0) is 4.74 Å². The third-order valence-electron chi connectivity index (χ3n) is 3.89. The molecule has 1 aromatic rings. The molecule has 0 spiro atoms. The molecule has 0 radical (unpaired) electrons. The quantitative estimate of drug-likeness (QED) is 0.572. The monoisotopic (exact) mass is 307 g/mol. The van der Waals surface area contributed by atoms with Crippen LogP contribution >= 0.6 is 0 Å². The molecule has 1 atom stereocenters. The number of methoxy groups -OCH3 is 1. The average Bonchev–Trinajstić information content (AvgIpc) is 2.55. The highest BCUT2D eigenvalue weighted by Gasteiger charge is 2.16. The van der Waals surface area contributed by atoms with E-state index in [2.05, 4.69) is 10.2 Å². The van der Waals surface area contributed by atoms with Gasteiger partial charge in [-0.2, -0.15) is 0 Å². The van der Waals surface area contributed by atoms with Crippen LogP contribution in [0.1, 0.15) is 17.3 Å². The summed E-state index contributed by atoms with van der Waals surface area (Å²) >= 11 is 0. The molecule has 0 aromatic heterocycles. The number of benzene rings is 1. The molecule has 1 fully saturated rings. The van der Waals surface area contributed by atoms with E-state index < -0.39 is 0 Å². The SMILES string of the molecule is COc1ccc(C(=O)C(C)NCCN2CCOCC2)cc1N. The van der Waals surface area contributed by atoms with Gasteiger partial charge in [-0.15, -0.1) is 0 Å². The van der Waals surface area contributed by atoms with Crippen LogP contribution in [0.2, 0.25) is 0 Å². The second-order valence-electron chi connectivity index (χ2n) is 5.45. The third kappa shape index (κ3) is 4.43. The maximum Gasteiger partial charge on any atom is 0.179 e. The molecule has 1 aromatic carbocycles. The summed E-state index contributed by atoms with van der Waals surface area (Å²) in [4.78, 5) is 14.7. The molecular weight excluding hydrogens is 282 g/mol. The first-order valence-electron chi connectivity index (χ1n) is 7.63. The van der Waals surface area contributed by atoms with Gasteiger partial charge in [0.1, 0.15) is 5.75 Å². The number of rotatable bonds is 7. The Balaban J connectivity index is 1.82. The minimum Gasteiger partial charge on any atom is -0.495 e. The van der Waals surface area contributed by atoms with Crippen LogP contribution in [0, 0.1) is 0 Å². The number of nitrogens with two attached hydrogens (primary N) is 1. The fourth-order valence-electron chi connectivity index (χ4n) is 2.49. The van der Waals surface area contributed by atoms with Gasteiger partial charge in [0.2, 0.25) is 0 Å². The van der Waals surface area contributed by atoms with Gasteiger partial charge < -0.3 is 20.5 Å². The zero-order valence-electron chi connectivity index (χ0n) is 13.3. The van der Waals surface area contributed by atoms with Crippen LogP contribution in [0.5, 0.6) is 5.75 Å². The van der Waals surface area contributed by atoms with Crippen LogP contribution in [0.15, 0.2) is 18.2 Å². The number of nitrogens with zero attached hydrogens (tertiary/aromatic N) is 1. The normalized spacial score (nSPS) is 17.2. The van der Waals surface area contributed by atoms with Gasteiger partial charge in [-0.05, 0) is 25.1 Å². The lowest BCUT2D eigenvalue weighted by Gasteiger charge is -2.27. The van der Waals surface area contributed by atoms with Gasteiger partial charge in [-0.3, -0.25) is 9.69 Å². The zero-order chi connectivity index (χ0) is 15.9. The number of hydrogen-bond acceptors (Lipinski definition) is 6. The Morgan fingerprint density at radius 2 is 2.18 bits per heavy atom. The number of ketones is 1. The molecule has 0 saturated carbocycles. The van der Waals surface area contributed by atoms with Crippen molar-refractivity contribution in [3.63, 3.8) is 0 Å². The standard InChI is InChI=1S/C16H25N3O3/c1-12(18-5-6-19-7-9-22-10-8-19)16(20)13-3-4-15(21-2)14(17)11-13/h3-4,11-12,18H,5-10,17H2,1-2H3. The topological polar surface area (TPSA) is 76.8 Å². The number of nitrogens with one attached hydrogen (secondary N) is 1. The summed E-state index contributed by atoms with van der Waals surface area (Å²) in [6.07, 6.45) is 0. The highest BCUT2D eigenvalue weighted by molar-refractivity contribution is 6.00. The summed E-state index contributed by atoms with van der Waals surface area (Å²) in [5.41, 5.74) is 6.93. The Kier molecular flexibility index (Phi) is 6.18. The molecule has 1 heterocycles. The molecule has 1 aliphatic rings. The van der Waals surface area contributed by atoms with Crippen molar-refractivity contribution in [1.82, 2.24) is 10.2 Å². The molecular formula is C16H25N3O3. The molecule has 6 nitrogen and oxygen atoms in total. The first-order valence-corrected chi connectivity index (χ1v) is 7.63. The van der Waals surface area contributed by atoms with E-state index in [1.165, 1.54) is 0 Å². The summed E-state index contributed by atoms with van der Waals surface area (Å²) in [6, 6.07) is 4.90. The third-order valence-corrected chi connectivity index (χ3v) is 3.89. The van der Waals surface area contributed by atoms with Gasteiger partial charge >= 0.3 is 0 Å². The fraction of sp³-hybridized carbons (Fsp3) is 0.562. The van der Waals surface area contributed by atoms with E-state index in [9.17, 15) is 4.79 Å². The van der Waals surface area contributed by atoms with Crippen molar-refractivity contribution < 1.29 is 14.3 Å². The van der Waals surface area contributed by atoms with Crippen LogP contribution in [0.4, 0.5) is 5.69 Å².